The number of methoxy groups -OCH3 is 1. The van der Waals surface area contributed by atoms with Gasteiger partial charge in [0.05, 0.1) is 13.2 Å². The molecular weight excluding hydrogens is 362 g/mol. The monoisotopic (exact) mass is 391 g/mol. The summed E-state index contributed by atoms with van der Waals surface area (Å²) in [5, 5.41) is 9.82. The van der Waals surface area contributed by atoms with Crippen molar-refractivity contribution < 1.29 is 14.6 Å². The molecule has 4 nitrogen and oxygen atoms in total. The Bertz CT molecular complexity index is 897. The Morgan fingerprint density at radius 2 is 1.72 bits per heavy atom. The number of allylic oxidation sites excluding steroid dienone is 2. The molecule has 1 atom stereocenters. The van der Waals surface area contributed by atoms with Crippen molar-refractivity contribution in [3.63, 3.8) is 0 Å². The fraction of sp³-hybridized carbons (Fsp3) is 0.360. The molecule has 1 saturated carbocycles. The first-order chi connectivity index (χ1) is 14.2. The van der Waals surface area contributed by atoms with Gasteiger partial charge in [0.15, 0.2) is 11.5 Å². The van der Waals surface area contributed by atoms with Gasteiger partial charge < -0.3 is 19.5 Å². The lowest BCUT2D eigenvalue weighted by Gasteiger charge is -2.44. The molecule has 4 rings (SSSR count). The molecule has 1 heterocycles. The van der Waals surface area contributed by atoms with Crippen LogP contribution in [0.15, 0.2) is 66.9 Å². The molecule has 4 heteroatoms. The quantitative estimate of drug-likeness (QED) is 0.719. The van der Waals surface area contributed by atoms with E-state index in [0.29, 0.717) is 0 Å². The van der Waals surface area contributed by atoms with Crippen molar-refractivity contribution in [1.82, 2.24) is 4.90 Å². The number of likely N-dealkylation sites (N-methyl/N-ethyl adjacent to an activating group) is 1. The van der Waals surface area contributed by atoms with Crippen molar-refractivity contribution in [2.45, 2.75) is 44.2 Å². The van der Waals surface area contributed by atoms with E-state index in [2.05, 4.69) is 48.4 Å². The number of ether oxygens (including phenoxy) is 2. The first-order valence-electron chi connectivity index (χ1n) is 10.4. The summed E-state index contributed by atoms with van der Waals surface area (Å²) in [5.74, 6) is 1.83. The van der Waals surface area contributed by atoms with Crippen LogP contribution >= 0.6 is 0 Å². The van der Waals surface area contributed by atoms with Crippen molar-refractivity contribution in [2.75, 3.05) is 13.7 Å². The molecule has 152 valence electrons. The minimum Gasteiger partial charge on any atom is -0.508 e. The second kappa shape index (κ2) is 8.24. The zero-order valence-electron chi connectivity index (χ0n) is 17.2. The van der Waals surface area contributed by atoms with E-state index < -0.39 is 5.54 Å². The summed E-state index contributed by atoms with van der Waals surface area (Å²) in [4.78, 5) is 2.31. The molecule has 2 aromatic rings. The van der Waals surface area contributed by atoms with Crippen LogP contribution in [0, 0.1) is 0 Å². The van der Waals surface area contributed by atoms with E-state index >= 15 is 0 Å². The molecule has 1 aliphatic carbocycles. The van der Waals surface area contributed by atoms with E-state index in [1.54, 1.807) is 19.2 Å². The average Bonchev–Trinajstić information content (AvgIpc) is 3.27. The van der Waals surface area contributed by atoms with E-state index in [0.717, 1.165) is 42.0 Å². The SMILES string of the molecule is CCN1C=CC=CC1(c1ccc(O)cc1)c1ccc(OC)c(OC2CCCC2)c1. The minimum absolute atomic E-state index is 0.257. The molecule has 0 bridgehead atoms. The van der Waals surface area contributed by atoms with Crippen LogP contribution in [0.4, 0.5) is 0 Å². The molecule has 1 unspecified atom stereocenters. The molecule has 0 radical (unpaired) electrons. The Hall–Kier alpha value is -2.88. The number of aromatic hydroxyl groups is 1. The second-order valence-corrected chi connectivity index (χ2v) is 7.69. The highest BCUT2D eigenvalue weighted by Gasteiger charge is 2.38. The van der Waals surface area contributed by atoms with Gasteiger partial charge in [0.25, 0.3) is 0 Å². The predicted octanol–water partition coefficient (Wildman–Crippen LogP) is 5.37. The summed E-state index contributed by atoms with van der Waals surface area (Å²) in [6, 6.07) is 13.7. The highest BCUT2D eigenvalue weighted by atomic mass is 16.5. The third-order valence-corrected chi connectivity index (χ3v) is 6.02. The van der Waals surface area contributed by atoms with E-state index in [1.165, 1.54) is 12.8 Å². The van der Waals surface area contributed by atoms with Crippen molar-refractivity contribution >= 4 is 0 Å². The van der Waals surface area contributed by atoms with Crippen molar-refractivity contribution in [2.24, 2.45) is 0 Å². The Labute approximate surface area is 173 Å². The molecule has 0 aromatic heterocycles. The van der Waals surface area contributed by atoms with Crippen molar-refractivity contribution in [3.8, 4) is 17.2 Å². The van der Waals surface area contributed by atoms with Crippen LogP contribution in [0.1, 0.15) is 43.7 Å². The average molecular weight is 392 g/mol. The molecule has 0 amide bonds. The van der Waals surface area contributed by atoms with Gasteiger partial charge >= 0.3 is 0 Å². The molecular formula is C25H29NO3. The Morgan fingerprint density at radius 1 is 1.00 bits per heavy atom. The van der Waals surface area contributed by atoms with E-state index in [9.17, 15) is 5.11 Å². The van der Waals surface area contributed by atoms with Gasteiger partial charge in [-0.15, -0.1) is 0 Å². The van der Waals surface area contributed by atoms with Gasteiger partial charge in [-0.05, 0) is 80.2 Å². The predicted molar refractivity (Wildman–Crippen MR) is 115 cm³/mol. The minimum atomic E-state index is -0.475. The fourth-order valence-corrected chi connectivity index (χ4v) is 4.51. The number of phenols is 1. The van der Waals surface area contributed by atoms with E-state index in [4.69, 9.17) is 9.47 Å². The maximum absolute atomic E-state index is 9.82. The standard InChI is InChI=1S/C25H29NO3/c1-3-26-17-7-6-16-25(26,19-10-13-21(27)14-11-19)20-12-15-23(28-2)24(18-20)29-22-8-4-5-9-22/h6-7,10-18,22,27H,3-5,8-9H2,1-2H3. The fourth-order valence-electron chi connectivity index (χ4n) is 4.51. The molecule has 1 N–H and O–H groups in total. The van der Waals surface area contributed by atoms with Crippen LogP contribution in [0.25, 0.3) is 0 Å². The third kappa shape index (κ3) is 3.59. The molecule has 2 aliphatic rings. The van der Waals surface area contributed by atoms with Gasteiger partial charge in [-0.3, -0.25) is 0 Å². The van der Waals surface area contributed by atoms with Gasteiger partial charge in [0.2, 0.25) is 0 Å². The molecule has 29 heavy (non-hydrogen) atoms. The first kappa shape index (κ1) is 19.4. The van der Waals surface area contributed by atoms with Crippen LogP contribution < -0.4 is 9.47 Å². The highest BCUT2D eigenvalue weighted by Crippen LogP contribution is 2.43. The Morgan fingerprint density at radius 3 is 2.41 bits per heavy atom. The highest BCUT2D eigenvalue weighted by molar-refractivity contribution is 5.53. The molecule has 2 aromatic carbocycles. The molecule has 0 spiro atoms. The maximum atomic E-state index is 9.82. The zero-order valence-corrected chi connectivity index (χ0v) is 17.2. The zero-order chi connectivity index (χ0) is 20.3. The number of hydrogen-bond donors (Lipinski definition) is 1. The van der Waals surface area contributed by atoms with Crippen molar-refractivity contribution in [1.29, 1.82) is 0 Å². The molecule has 1 fully saturated rings. The summed E-state index contributed by atoms with van der Waals surface area (Å²) in [6.45, 7) is 2.99. The van der Waals surface area contributed by atoms with Gasteiger partial charge in [-0.1, -0.05) is 24.3 Å². The summed E-state index contributed by atoms with van der Waals surface area (Å²) >= 11 is 0. The van der Waals surface area contributed by atoms with Crippen LogP contribution in [0.5, 0.6) is 17.2 Å². The van der Waals surface area contributed by atoms with Crippen molar-refractivity contribution in [3.05, 3.63) is 78.0 Å². The number of phenolic OH excluding ortho intramolecular Hbond substituents is 1. The van der Waals surface area contributed by atoms with Gasteiger partial charge in [0, 0.05) is 12.7 Å². The number of benzene rings is 2. The Kier molecular flexibility index (Phi) is 5.52. The lowest BCUT2D eigenvalue weighted by molar-refractivity contribution is 0.198. The topological polar surface area (TPSA) is 41.9 Å². The number of rotatable bonds is 6. The summed E-state index contributed by atoms with van der Waals surface area (Å²) < 4.78 is 12.0. The van der Waals surface area contributed by atoms with Gasteiger partial charge in [0.1, 0.15) is 11.3 Å². The van der Waals surface area contributed by atoms with E-state index in [-0.39, 0.29) is 11.9 Å². The summed E-state index contributed by atoms with van der Waals surface area (Å²) in [5.41, 5.74) is 1.73. The summed E-state index contributed by atoms with van der Waals surface area (Å²) in [7, 11) is 1.69. The Balaban J connectivity index is 1.83. The van der Waals surface area contributed by atoms with Crippen LogP contribution in [-0.2, 0) is 5.54 Å². The van der Waals surface area contributed by atoms with Crippen LogP contribution in [0.3, 0.4) is 0 Å². The van der Waals surface area contributed by atoms with Gasteiger partial charge in [-0.25, -0.2) is 0 Å². The second-order valence-electron chi connectivity index (χ2n) is 7.69. The lowest BCUT2D eigenvalue weighted by atomic mass is 9.79. The molecule has 1 aliphatic heterocycles. The maximum Gasteiger partial charge on any atom is 0.161 e. The normalized spacial score (nSPS) is 21.5. The third-order valence-electron chi connectivity index (χ3n) is 6.02. The molecule has 0 saturated heterocycles. The smallest absolute Gasteiger partial charge is 0.161 e. The summed E-state index contributed by atoms with van der Waals surface area (Å²) in [6.07, 6.45) is 13.4. The number of nitrogens with zero attached hydrogens (tertiary/aromatic N) is 1. The first-order valence-corrected chi connectivity index (χ1v) is 10.4. The van der Waals surface area contributed by atoms with Crippen LogP contribution in [-0.4, -0.2) is 29.8 Å². The largest absolute Gasteiger partial charge is 0.508 e. The van der Waals surface area contributed by atoms with E-state index in [1.807, 2.05) is 18.2 Å². The lowest BCUT2D eigenvalue weighted by Crippen LogP contribution is -2.43. The number of hydrogen-bond acceptors (Lipinski definition) is 4. The van der Waals surface area contributed by atoms with Crippen LogP contribution in [0.2, 0.25) is 0 Å². The van der Waals surface area contributed by atoms with Gasteiger partial charge in [-0.2, -0.15) is 0 Å².